The smallest absolute Gasteiger partial charge is 0.266 e. The first-order valence-corrected chi connectivity index (χ1v) is 6.50. The molecule has 0 aliphatic heterocycles. The number of hydrogen-bond donors (Lipinski definition) is 2. The lowest BCUT2D eigenvalue weighted by Crippen LogP contribution is -2.25. The molecule has 5 heteroatoms. The highest BCUT2D eigenvalue weighted by atomic mass is 32.2. The van der Waals surface area contributed by atoms with Crippen LogP contribution in [-0.4, -0.2) is 25.3 Å². The summed E-state index contributed by atoms with van der Waals surface area (Å²) >= 11 is 0. The van der Waals surface area contributed by atoms with Gasteiger partial charge in [-0.15, -0.1) is 6.58 Å². The van der Waals surface area contributed by atoms with E-state index in [1.165, 1.54) is 0 Å². The predicted octanol–water partition coefficient (Wildman–Crippen LogP) is 1.39. The zero-order valence-electron chi connectivity index (χ0n) is 8.83. The van der Waals surface area contributed by atoms with Crippen LogP contribution in [0.5, 0.6) is 0 Å². The number of nitrogens with one attached hydrogen (secondary N) is 1. The Morgan fingerprint density at radius 2 is 2.00 bits per heavy atom. The summed E-state index contributed by atoms with van der Waals surface area (Å²) < 4.78 is 29.6. The lowest BCUT2D eigenvalue weighted by Gasteiger charge is -2.14. The third kappa shape index (κ3) is 4.57. The molecule has 0 fully saturated rings. The van der Waals surface area contributed by atoms with Gasteiger partial charge in [-0.05, 0) is 5.56 Å². The Morgan fingerprint density at radius 1 is 1.38 bits per heavy atom. The van der Waals surface area contributed by atoms with Crippen molar-refractivity contribution < 1.29 is 13.0 Å². The van der Waals surface area contributed by atoms with Crippen molar-refractivity contribution >= 4 is 10.1 Å². The summed E-state index contributed by atoms with van der Waals surface area (Å²) in [6.45, 7) is 3.86. The summed E-state index contributed by atoms with van der Waals surface area (Å²) in [5, 5.41) is 2.99. The minimum Gasteiger partial charge on any atom is -0.306 e. The largest absolute Gasteiger partial charge is 0.306 e. The Kier molecular flexibility index (Phi) is 4.67. The predicted molar refractivity (Wildman–Crippen MR) is 63.8 cm³/mol. The normalized spacial score (nSPS) is 13.3. The highest BCUT2D eigenvalue weighted by molar-refractivity contribution is 7.85. The number of hydrogen-bond acceptors (Lipinski definition) is 3. The lowest BCUT2D eigenvalue weighted by molar-refractivity contribution is 0.479. The van der Waals surface area contributed by atoms with E-state index in [1.54, 1.807) is 6.08 Å². The first-order valence-electron chi connectivity index (χ1n) is 4.89. The quantitative estimate of drug-likeness (QED) is 0.583. The second kappa shape index (κ2) is 5.79. The van der Waals surface area contributed by atoms with Crippen LogP contribution in [0.15, 0.2) is 43.0 Å². The number of rotatable bonds is 6. The van der Waals surface area contributed by atoms with E-state index >= 15 is 0 Å². The zero-order valence-corrected chi connectivity index (χ0v) is 9.65. The molecule has 1 aromatic rings. The van der Waals surface area contributed by atoms with Crippen molar-refractivity contribution in [1.29, 1.82) is 0 Å². The maximum Gasteiger partial charge on any atom is 0.266 e. The molecule has 0 heterocycles. The Labute approximate surface area is 95.7 Å². The van der Waals surface area contributed by atoms with Crippen LogP contribution in [0.25, 0.3) is 0 Å². The molecule has 2 N–H and O–H groups in total. The average Bonchev–Trinajstić information content (AvgIpc) is 2.24. The van der Waals surface area contributed by atoms with Crippen molar-refractivity contribution in [3.63, 3.8) is 0 Å². The van der Waals surface area contributed by atoms with E-state index in [2.05, 4.69) is 11.9 Å². The third-order valence-corrected chi connectivity index (χ3v) is 2.84. The lowest BCUT2D eigenvalue weighted by atomic mass is 10.1. The Balaban J connectivity index is 2.54. The van der Waals surface area contributed by atoms with Gasteiger partial charge in [0.2, 0.25) is 0 Å². The molecule has 4 nitrogen and oxygen atoms in total. The average molecular weight is 241 g/mol. The van der Waals surface area contributed by atoms with Crippen LogP contribution in [0, 0.1) is 0 Å². The van der Waals surface area contributed by atoms with Crippen molar-refractivity contribution in [2.45, 2.75) is 6.04 Å². The van der Waals surface area contributed by atoms with Gasteiger partial charge in [0.1, 0.15) is 0 Å². The molecule has 0 aliphatic rings. The molecule has 1 atom stereocenters. The molecule has 0 saturated carbocycles. The van der Waals surface area contributed by atoms with Crippen molar-refractivity contribution in [3.05, 3.63) is 48.6 Å². The maximum absolute atomic E-state index is 10.5. The van der Waals surface area contributed by atoms with Crippen molar-refractivity contribution in [3.8, 4) is 0 Å². The van der Waals surface area contributed by atoms with Crippen LogP contribution in [0.1, 0.15) is 11.6 Å². The minimum absolute atomic E-state index is 0.108. The van der Waals surface area contributed by atoms with Crippen LogP contribution >= 0.6 is 0 Å². The summed E-state index contributed by atoms with van der Waals surface area (Å²) in [4.78, 5) is 0. The molecule has 0 bridgehead atoms. The highest BCUT2D eigenvalue weighted by Crippen LogP contribution is 2.12. The first-order chi connectivity index (χ1) is 7.53. The SMILES string of the molecule is C=CC(NCCS(=O)(=O)O)c1ccccc1. The molecule has 0 spiro atoms. The van der Waals surface area contributed by atoms with Crippen LogP contribution in [0.2, 0.25) is 0 Å². The van der Waals surface area contributed by atoms with Gasteiger partial charge in [0.15, 0.2) is 0 Å². The van der Waals surface area contributed by atoms with Gasteiger partial charge in [-0.1, -0.05) is 36.4 Å². The van der Waals surface area contributed by atoms with Crippen LogP contribution < -0.4 is 5.32 Å². The van der Waals surface area contributed by atoms with E-state index in [1.807, 2.05) is 30.3 Å². The fourth-order valence-corrected chi connectivity index (χ4v) is 1.72. The third-order valence-electron chi connectivity index (χ3n) is 2.12. The fraction of sp³-hybridized carbons (Fsp3) is 0.273. The number of benzene rings is 1. The zero-order chi connectivity index (χ0) is 12.0. The molecule has 0 radical (unpaired) electrons. The maximum atomic E-state index is 10.5. The summed E-state index contributed by atoms with van der Waals surface area (Å²) in [6.07, 6.45) is 1.69. The molecule has 88 valence electrons. The summed E-state index contributed by atoms with van der Waals surface area (Å²) in [7, 11) is -3.91. The molecular weight excluding hydrogens is 226 g/mol. The molecule has 0 aliphatic carbocycles. The van der Waals surface area contributed by atoms with E-state index in [0.29, 0.717) is 0 Å². The second-order valence-electron chi connectivity index (χ2n) is 3.36. The van der Waals surface area contributed by atoms with Crippen molar-refractivity contribution in [2.75, 3.05) is 12.3 Å². The van der Waals surface area contributed by atoms with Gasteiger partial charge in [0, 0.05) is 6.54 Å². The Hall–Kier alpha value is -1.17. The standard InChI is InChI=1S/C11H15NO3S/c1-2-11(10-6-4-3-5-7-10)12-8-9-16(13,14)15/h2-7,11-12H,1,8-9H2,(H,13,14,15). The van der Waals surface area contributed by atoms with Crippen LogP contribution in [0.3, 0.4) is 0 Å². The first kappa shape index (κ1) is 12.9. The van der Waals surface area contributed by atoms with Gasteiger partial charge in [-0.25, -0.2) is 0 Å². The van der Waals surface area contributed by atoms with E-state index < -0.39 is 10.1 Å². The topological polar surface area (TPSA) is 66.4 Å². The van der Waals surface area contributed by atoms with Gasteiger partial charge in [0.25, 0.3) is 10.1 Å². The summed E-state index contributed by atoms with van der Waals surface area (Å²) in [5.41, 5.74) is 1.01. The molecule has 1 rings (SSSR count). The fourth-order valence-electron chi connectivity index (χ4n) is 1.34. The highest BCUT2D eigenvalue weighted by Gasteiger charge is 2.08. The van der Waals surface area contributed by atoms with Gasteiger partial charge in [-0.2, -0.15) is 8.42 Å². The molecule has 1 unspecified atom stereocenters. The molecule has 0 amide bonds. The van der Waals surface area contributed by atoms with E-state index in [-0.39, 0.29) is 18.3 Å². The second-order valence-corrected chi connectivity index (χ2v) is 4.94. The molecule has 1 aromatic carbocycles. The van der Waals surface area contributed by atoms with E-state index in [0.717, 1.165) is 5.56 Å². The van der Waals surface area contributed by atoms with Gasteiger partial charge in [0.05, 0.1) is 11.8 Å². The Morgan fingerprint density at radius 3 is 2.50 bits per heavy atom. The van der Waals surface area contributed by atoms with Crippen LogP contribution in [0.4, 0.5) is 0 Å². The minimum atomic E-state index is -3.91. The van der Waals surface area contributed by atoms with Gasteiger partial charge < -0.3 is 5.32 Å². The molecule has 16 heavy (non-hydrogen) atoms. The van der Waals surface area contributed by atoms with Crippen molar-refractivity contribution in [1.82, 2.24) is 5.32 Å². The van der Waals surface area contributed by atoms with Gasteiger partial charge in [-0.3, -0.25) is 4.55 Å². The van der Waals surface area contributed by atoms with Crippen molar-refractivity contribution in [2.24, 2.45) is 0 Å². The summed E-state index contributed by atoms with van der Waals surface area (Å²) in [5.74, 6) is -0.301. The molecule has 0 saturated heterocycles. The van der Waals surface area contributed by atoms with Crippen LogP contribution in [-0.2, 0) is 10.1 Å². The monoisotopic (exact) mass is 241 g/mol. The molecular formula is C11H15NO3S. The van der Waals surface area contributed by atoms with E-state index in [4.69, 9.17) is 4.55 Å². The molecule has 0 aromatic heterocycles. The Bertz CT molecular complexity index is 428. The summed E-state index contributed by atoms with van der Waals surface area (Å²) in [6, 6.07) is 9.44. The van der Waals surface area contributed by atoms with Gasteiger partial charge >= 0.3 is 0 Å². The van der Waals surface area contributed by atoms with E-state index in [9.17, 15) is 8.42 Å².